The Balaban J connectivity index is 2.35. The zero-order valence-electron chi connectivity index (χ0n) is 10.3. The van der Waals surface area contributed by atoms with Crippen molar-refractivity contribution in [2.45, 2.75) is 0 Å². The van der Waals surface area contributed by atoms with E-state index in [4.69, 9.17) is 0 Å². The van der Waals surface area contributed by atoms with Crippen molar-refractivity contribution in [3.63, 3.8) is 0 Å². The number of aromatic amines is 1. The minimum Gasteiger partial charge on any atom is -0.508 e. The second-order valence-corrected chi connectivity index (χ2v) is 4.47. The van der Waals surface area contributed by atoms with Gasteiger partial charge >= 0.3 is 0 Å². The molecule has 0 atom stereocenters. The summed E-state index contributed by atoms with van der Waals surface area (Å²) in [5.74, 6) is -0.365. The molecule has 1 aromatic heterocycles. The van der Waals surface area contributed by atoms with E-state index in [-0.39, 0.29) is 28.1 Å². The summed E-state index contributed by atoms with van der Waals surface area (Å²) in [5, 5.41) is 28.8. The number of benzene rings is 2. The number of phenols is 3. The van der Waals surface area contributed by atoms with E-state index in [1.165, 1.54) is 24.4 Å². The molecule has 0 unspecified atom stereocenters. The van der Waals surface area contributed by atoms with Gasteiger partial charge in [-0.15, -0.1) is 0 Å². The van der Waals surface area contributed by atoms with Crippen LogP contribution in [0.5, 0.6) is 17.2 Å². The van der Waals surface area contributed by atoms with Crippen molar-refractivity contribution >= 4 is 10.9 Å². The molecule has 0 fully saturated rings. The second-order valence-electron chi connectivity index (χ2n) is 4.47. The number of hydrogen-bond acceptors (Lipinski definition) is 4. The van der Waals surface area contributed by atoms with Crippen molar-refractivity contribution in [3.8, 4) is 28.4 Å². The summed E-state index contributed by atoms with van der Waals surface area (Å²) in [4.78, 5) is 15.3. The third-order valence-electron chi connectivity index (χ3n) is 3.10. The van der Waals surface area contributed by atoms with Crippen LogP contribution in [-0.4, -0.2) is 20.3 Å². The molecule has 5 nitrogen and oxygen atoms in total. The van der Waals surface area contributed by atoms with Crippen molar-refractivity contribution < 1.29 is 15.3 Å². The van der Waals surface area contributed by atoms with Crippen LogP contribution >= 0.6 is 0 Å². The molecule has 1 heterocycles. The number of fused-ring (bicyclic) bond motifs is 1. The van der Waals surface area contributed by atoms with Crippen LogP contribution in [0.3, 0.4) is 0 Å². The highest BCUT2D eigenvalue weighted by Crippen LogP contribution is 2.28. The average Bonchev–Trinajstić information content (AvgIpc) is 2.38. The van der Waals surface area contributed by atoms with Crippen LogP contribution in [0.15, 0.2) is 47.4 Å². The summed E-state index contributed by atoms with van der Waals surface area (Å²) in [6, 6.07) is 8.77. The molecule has 0 bridgehead atoms. The van der Waals surface area contributed by atoms with Gasteiger partial charge in [0.2, 0.25) is 5.43 Å². The van der Waals surface area contributed by atoms with Crippen molar-refractivity contribution in [1.82, 2.24) is 4.98 Å². The number of hydrogen-bond donors (Lipinski definition) is 4. The van der Waals surface area contributed by atoms with Crippen molar-refractivity contribution in [1.29, 1.82) is 0 Å². The second kappa shape index (κ2) is 4.31. The number of aromatic hydroxyl groups is 3. The van der Waals surface area contributed by atoms with Gasteiger partial charge in [-0.2, -0.15) is 0 Å². The molecule has 3 aromatic rings. The summed E-state index contributed by atoms with van der Waals surface area (Å²) in [5.41, 5.74) is 0.841. The average molecular weight is 269 g/mol. The maximum Gasteiger partial charge on any atom is 0.200 e. The lowest BCUT2D eigenvalue weighted by atomic mass is 10.0. The fourth-order valence-electron chi connectivity index (χ4n) is 2.20. The first-order chi connectivity index (χ1) is 9.56. The molecule has 0 spiro atoms. The quantitative estimate of drug-likeness (QED) is 0.545. The van der Waals surface area contributed by atoms with Gasteiger partial charge in [0.1, 0.15) is 17.2 Å². The van der Waals surface area contributed by atoms with Crippen LogP contribution in [0, 0.1) is 0 Å². The van der Waals surface area contributed by atoms with Gasteiger partial charge in [0.05, 0.1) is 10.9 Å². The number of rotatable bonds is 1. The highest BCUT2D eigenvalue weighted by molar-refractivity contribution is 5.89. The molecule has 0 saturated heterocycles. The molecular formula is C15H11NO4. The molecule has 2 aromatic carbocycles. The van der Waals surface area contributed by atoms with E-state index in [2.05, 4.69) is 4.98 Å². The largest absolute Gasteiger partial charge is 0.508 e. The molecule has 100 valence electrons. The Hall–Kier alpha value is -2.95. The monoisotopic (exact) mass is 269 g/mol. The standard InChI is InChI=1S/C15H11NO4/c17-9-3-1-2-8(4-9)11-7-16-12-5-10(18)6-13(19)14(12)15(11)20/h1-7,17-19H,(H,16,20). The zero-order valence-corrected chi connectivity index (χ0v) is 10.3. The summed E-state index contributed by atoms with van der Waals surface area (Å²) in [6.45, 7) is 0. The molecule has 0 radical (unpaired) electrons. The fourth-order valence-corrected chi connectivity index (χ4v) is 2.20. The SMILES string of the molecule is O=c1c(-c2cccc(O)c2)c[nH]c2cc(O)cc(O)c12. The van der Waals surface area contributed by atoms with E-state index < -0.39 is 0 Å². The third-order valence-corrected chi connectivity index (χ3v) is 3.10. The number of H-pyrrole nitrogens is 1. The smallest absolute Gasteiger partial charge is 0.200 e. The molecule has 0 amide bonds. The van der Waals surface area contributed by atoms with E-state index in [0.717, 1.165) is 6.07 Å². The Bertz CT molecular complexity index is 867. The minimum absolute atomic E-state index is 0.0527. The molecule has 0 aliphatic heterocycles. The van der Waals surface area contributed by atoms with Crippen LogP contribution in [0.4, 0.5) is 0 Å². The van der Waals surface area contributed by atoms with Crippen LogP contribution in [0.1, 0.15) is 0 Å². The van der Waals surface area contributed by atoms with Gasteiger partial charge in [0, 0.05) is 23.9 Å². The lowest BCUT2D eigenvalue weighted by Crippen LogP contribution is -2.06. The van der Waals surface area contributed by atoms with Gasteiger partial charge in [-0.1, -0.05) is 12.1 Å². The molecule has 0 aliphatic rings. The highest BCUT2D eigenvalue weighted by atomic mass is 16.3. The van der Waals surface area contributed by atoms with Gasteiger partial charge in [-0.05, 0) is 17.7 Å². The summed E-state index contributed by atoms with van der Waals surface area (Å²) >= 11 is 0. The molecular weight excluding hydrogens is 258 g/mol. The first-order valence-electron chi connectivity index (χ1n) is 5.93. The molecule has 4 N–H and O–H groups in total. The Morgan fingerprint density at radius 2 is 1.75 bits per heavy atom. The number of nitrogens with one attached hydrogen (secondary N) is 1. The zero-order chi connectivity index (χ0) is 14.3. The highest BCUT2D eigenvalue weighted by Gasteiger charge is 2.12. The lowest BCUT2D eigenvalue weighted by Gasteiger charge is -2.06. The number of phenolic OH excluding ortho intramolecular Hbond substituents is 3. The lowest BCUT2D eigenvalue weighted by molar-refractivity contribution is 0.455. The Morgan fingerprint density at radius 1 is 0.950 bits per heavy atom. The summed E-state index contributed by atoms with van der Waals surface area (Å²) in [6.07, 6.45) is 1.48. The topological polar surface area (TPSA) is 93.5 Å². The van der Waals surface area contributed by atoms with E-state index in [1.54, 1.807) is 12.1 Å². The van der Waals surface area contributed by atoms with Crippen molar-refractivity contribution in [2.24, 2.45) is 0 Å². The van der Waals surface area contributed by atoms with Crippen LogP contribution in [0.25, 0.3) is 22.0 Å². The number of aromatic nitrogens is 1. The predicted octanol–water partition coefficient (Wildman–Crippen LogP) is 2.31. The summed E-state index contributed by atoms with van der Waals surface area (Å²) < 4.78 is 0. The van der Waals surface area contributed by atoms with Crippen molar-refractivity contribution in [3.05, 3.63) is 52.8 Å². The summed E-state index contributed by atoms with van der Waals surface area (Å²) in [7, 11) is 0. The van der Waals surface area contributed by atoms with E-state index >= 15 is 0 Å². The first kappa shape index (κ1) is 12.1. The maximum atomic E-state index is 12.4. The molecule has 20 heavy (non-hydrogen) atoms. The Kier molecular flexibility index (Phi) is 2.61. The molecule has 0 aliphatic carbocycles. The molecule has 0 saturated carbocycles. The van der Waals surface area contributed by atoms with E-state index in [9.17, 15) is 20.1 Å². The maximum absolute atomic E-state index is 12.4. The first-order valence-corrected chi connectivity index (χ1v) is 5.93. The van der Waals surface area contributed by atoms with Crippen LogP contribution < -0.4 is 5.43 Å². The third kappa shape index (κ3) is 1.85. The van der Waals surface area contributed by atoms with Crippen molar-refractivity contribution in [2.75, 3.05) is 0 Å². The Morgan fingerprint density at radius 3 is 2.50 bits per heavy atom. The minimum atomic E-state index is -0.373. The van der Waals surface area contributed by atoms with E-state index in [1.807, 2.05) is 0 Å². The van der Waals surface area contributed by atoms with Gasteiger partial charge in [-0.25, -0.2) is 0 Å². The predicted molar refractivity (Wildman–Crippen MR) is 75.0 cm³/mol. The molecule has 3 rings (SSSR count). The van der Waals surface area contributed by atoms with Crippen LogP contribution in [-0.2, 0) is 0 Å². The van der Waals surface area contributed by atoms with E-state index in [0.29, 0.717) is 16.6 Å². The Labute approximate surface area is 113 Å². The van der Waals surface area contributed by atoms with Gasteiger partial charge in [-0.3, -0.25) is 4.79 Å². The molecule has 5 heteroatoms. The normalized spacial score (nSPS) is 10.8. The van der Waals surface area contributed by atoms with Gasteiger partial charge in [0.25, 0.3) is 0 Å². The van der Waals surface area contributed by atoms with Crippen LogP contribution in [0.2, 0.25) is 0 Å². The van der Waals surface area contributed by atoms with Gasteiger partial charge in [0.15, 0.2) is 0 Å². The fraction of sp³-hybridized carbons (Fsp3) is 0. The van der Waals surface area contributed by atoms with Gasteiger partial charge < -0.3 is 20.3 Å². The number of pyridine rings is 1.